The summed E-state index contributed by atoms with van der Waals surface area (Å²) < 4.78 is 39.3. The molecule has 0 unspecified atom stereocenters. The maximum atomic E-state index is 13.1. The first-order valence-electron chi connectivity index (χ1n) is 39.2. The van der Waals surface area contributed by atoms with E-state index in [9.17, 15) is 18.4 Å². The average Bonchev–Trinajstić information content (AvgIpc) is 1.58. The molecule has 15 nitrogen and oxygen atoms in total. The zero-order chi connectivity index (χ0) is 72.1. The Balaban J connectivity index is 0.000000139. The number of alkyl halides is 3. The molecular weight excluding hydrogens is 1300 g/mol. The molecule has 0 spiro atoms. The number of hydrogen-bond donors (Lipinski definition) is 5. The number of para-hydroxylation sites is 1. The van der Waals surface area contributed by atoms with Crippen molar-refractivity contribution in [1.82, 2.24) is 55.0 Å². The van der Waals surface area contributed by atoms with Crippen LogP contribution < -0.4 is 25.3 Å². The zero-order valence-electron chi connectivity index (χ0n) is 62.7. The smallest absolute Gasteiger partial charge is 0.371 e. The molecule has 554 valence electrons. The van der Waals surface area contributed by atoms with Crippen molar-refractivity contribution in [1.29, 1.82) is 5.26 Å². The van der Waals surface area contributed by atoms with Crippen LogP contribution in [0.1, 0.15) is 97.6 Å². The van der Waals surface area contributed by atoms with Gasteiger partial charge in [-0.05, 0) is 207 Å². The fourth-order valence-electron chi connectivity index (χ4n) is 16.5. The van der Waals surface area contributed by atoms with Crippen molar-refractivity contribution >= 4 is 49.8 Å². The highest BCUT2D eigenvalue weighted by Crippen LogP contribution is 2.36. The molecule has 0 radical (unpaired) electrons. The summed E-state index contributed by atoms with van der Waals surface area (Å²) in [6, 6.07) is 56.0. The van der Waals surface area contributed by atoms with Crippen LogP contribution in [0.5, 0.6) is 0 Å². The van der Waals surface area contributed by atoms with Crippen LogP contribution >= 0.6 is 0 Å². The molecule has 9 heterocycles. The van der Waals surface area contributed by atoms with Gasteiger partial charge in [-0.2, -0.15) is 18.4 Å². The molecule has 0 aliphatic carbocycles. The Hall–Kier alpha value is -7.70. The molecule has 6 aromatic carbocycles. The zero-order valence-corrected chi connectivity index (χ0v) is 62.7. The SMILES string of the molecule is CC(C)N1CCN(CCC2CCN(c3cccc(-c4cc5ccccc5[nH]4)c3)CC2)CC1.CC(C)N1CCN(CCNC2CCN(c3cccc(-c4cc5cc(C(F)(F)F)ccc5[nH]4)c3)CC2)CC1.CC(C)N1CCN(CCNC2CCN(c3cccc(-c4cc5ccc(C#N)cc5[nH]4)c3)CC2)CC1. The lowest BCUT2D eigenvalue weighted by Crippen LogP contribution is -2.51. The van der Waals surface area contributed by atoms with Gasteiger partial charge in [0.15, 0.2) is 0 Å². The number of anilines is 3. The third kappa shape index (κ3) is 19.7. The summed E-state index contributed by atoms with van der Waals surface area (Å²) in [4.78, 5) is 33.5. The Morgan fingerprint density at radius 3 is 1.24 bits per heavy atom. The van der Waals surface area contributed by atoms with Gasteiger partial charge in [0.25, 0.3) is 0 Å². The van der Waals surface area contributed by atoms with Crippen LogP contribution in [0.25, 0.3) is 66.5 Å². The van der Waals surface area contributed by atoms with Gasteiger partial charge in [0.1, 0.15) is 0 Å². The predicted molar refractivity (Wildman–Crippen MR) is 426 cm³/mol. The summed E-state index contributed by atoms with van der Waals surface area (Å²) >= 11 is 0. The molecule has 0 atom stereocenters. The number of nitrogens with one attached hydrogen (secondary N) is 5. The number of H-pyrrole nitrogens is 3. The van der Waals surface area contributed by atoms with E-state index in [1.165, 1.54) is 168 Å². The second-order valence-corrected chi connectivity index (χ2v) is 31.1. The average molecular weight is 1410 g/mol. The first kappa shape index (κ1) is 74.6. The molecule has 6 fully saturated rings. The van der Waals surface area contributed by atoms with Crippen molar-refractivity contribution in [2.75, 3.05) is 165 Å². The molecule has 3 aromatic heterocycles. The second-order valence-electron chi connectivity index (χ2n) is 31.1. The molecule has 6 saturated heterocycles. The van der Waals surface area contributed by atoms with Crippen molar-refractivity contribution in [3.63, 3.8) is 0 Å². The molecule has 9 aromatic rings. The van der Waals surface area contributed by atoms with E-state index in [4.69, 9.17) is 0 Å². The molecule has 104 heavy (non-hydrogen) atoms. The molecule has 0 bridgehead atoms. The maximum absolute atomic E-state index is 13.1. The third-order valence-electron chi connectivity index (χ3n) is 23.4. The molecule has 5 N–H and O–H groups in total. The van der Waals surface area contributed by atoms with Gasteiger partial charge in [-0.15, -0.1) is 0 Å². The number of aromatic nitrogens is 3. The Morgan fingerprint density at radius 2 is 0.808 bits per heavy atom. The quantitative estimate of drug-likeness (QED) is 0.0499. The monoisotopic (exact) mass is 1410 g/mol. The highest BCUT2D eigenvalue weighted by atomic mass is 19.4. The van der Waals surface area contributed by atoms with Crippen LogP contribution in [0.2, 0.25) is 0 Å². The normalized spacial score (nSPS) is 18.8. The maximum Gasteiger partial charge on any atom is 0.416 e. The third-order valence-corrected chi connectivity index (χ3v) is 23.4. The van der Waals surface area contributed by atoms with Gasteiger partial charge in [-0.1, -0.05) is 60.7 Å². The molecule has 18 heteroatoms. The topological polar surface area (TPSA) is 124 Å². The van der Waals surface area contributed by atoms with Crippen LogP contribution in [0.3, 0.4) is 0 Å². The van der Waals surface area contributed by atoms with E-state index in [2.05, 4.69) is 214 Å². The van der Waals surface area contributed by atoms with Crippen molar-refractivity contribution in [2.45, 2.75) is 123 Å². The number of benzene rings is 6. The van der Waals surface area contributed by atoms with Crippen molar-refractivity contribution in [3.05, 3.63) is 163 Å². The number of halogens is 3. The van der Waals surface area contributed by atoms with Gasteiger partial charge < -0.3 is 45.2 Å². The number of nitriles is 1. The standard InChI is InChI=1S/C29H38F3N5.C29H38N6.C28H38N4/c1-21(2)36-16-14-35(15-17-36)13-10-33-25-8-11-37(12-9-25)26-5-3-4-22(19-26)28-20-23-18-24(29(30,31)32)6-7-27(23)34-28;1-22(2)34-16-14-33(15-17-34)13-10-31-26-8-11-35(12-9-26)27-5-3-4-24(19-27)29-20-25-7-6-23(21-30)18-28(25)32-29;1-22(2)31-18-16-30(17-19-31)13-10-23-11-14-32(15-12-23)26-8-5-7-24(20-26)28-21-25-6-3-4-9-27(25)29-28/h3-7,18-21,25,33-34H,8-17H2,1-2H3;3-7,18-20,22,26,31-32H,8-17H2,1-2H3;3-9,20-23,29H,10-19H2,1-2H3. The van der Waals surface area contributed by atoms with E-state index < -0.39 is 11.7 Å². The predicted octanol–water partition coefficient (Wildman–Crippen LogP) is 15.2. The Morgan fingerprint density at radius 1 is 0.404 bits per heavy atom. The van der Waals surface area contributed by atoms with Crippen LogP contribution in [0.4, 0.5) is 30.2 Å². The minimum atomic E-state index is -4.34. The van der Waals surface area contributed by atoms with Gasteiger partial charge in [0.2, 0.25) is 0 Å². The lowest BCUT2D eigenvalue weighted by molar-refractivity contribution is -0.137. The molecule has 6 aliphatic rings. The highest BCUT2D eigenvalue weighted by Gasteiger charge is 2.31. The van der Waals surface area contributed by atoms with Gasteiger partial charge in [-0.25, -0.2) is 0 Å². The lowest BCUT2D eigenvalue weighted by Gasteiger charge is -2.38. The number of hydrogen-bond acceptors (Lipinski definition) is 12. The Labute approximate surface area is 616 Å². The first-order valence-corrected chi connectivity index (χ1v) is 39.2. The summed E-state index contributed by atoms with van der Waals surface area (Å²) in [5.41, 5.74) is 13.4. The molecule has 6 aliphatic heterocycles. The number of piperazine rings is 3. The fraction of sp³-hybridized carbons (Fsp3) is 0.500. The summed E-state index contributed by atoms with van der Waals surface area (Å²) in [7, 11) is 0. The van der Waals surface area contributed by atoms with Crippen molar-refractivity contribution < 1.29 is 13.2 Å². The number of aromatic amines is 3. The van der Waals surface area contributed by atoms with Crippen LogP contribution in [0, 0.1) is 17.2 Å². The fourth-order valence-corrected chi connectivity index (χ4v) is 16.5. The largest absolute Gasteiger partial charge is 0.416 e. The van der Waals surface area contributed by atoms with Crippen LogP contribution in [-0.4, -0.2) is 225 Å². The number of fused-ring (bicyclic) bond motifs is 3. The van der Waals surface area contributed by atoms with Gasteiger partial charge in [-0.3, -0.25) is 24.5 Å². The van der Waals surface area contributed by atoms with E-state index in [0.717, 1.165) is 124 Å². The molecule has 0 saturated carbocycles. The van der Waals surface area contributed by atoms with Crippen LogP contribution in [0.15, 0.2) is 152 Å². The molecule has 15 rings (SSSR count). The summed E-state index contributed by atoms with van der Waals surface area (Å²) in [6.07, 6.45) is 4.27. The number of nitrogens with zero attached hydrogens (tertiary/aromatic N) is 10. The highest BCUT2D eigenvalue weighted by molar-refractivity contribution is 5.89. The minimum Gasteiger partial charge on any atom is -0.371 e. The van der Waals surface area contributed by atoms with E-state index >= 15 is 0 Å². The summed E-state index contributed by atoms with van der Waals surface area (Å²) in [6.45, 7) is 40.5. The lowest BCUT2D eigenvalue weighted by atomic mass is 9.92. The van der Waals surface area contributed by atoms with Gasteiger partial charge in [0.05, 0.1) is 17.2 Å². The molecule has 0 amide bonds. The van der Waals surface area contributed by atoms with Crippen molar-refractivity contribution in [3.8, 4) is 39.8 Å². The van der Waals surface area contributed by atoms with E-state index in [-0.39, 0.29) is 0 Å². The number of rotatable bonds is 20. The number of piperidine rings is 3. The van der Waals surface area contributed by atoms with E-state index in [1.807, 2.05) is 36.4 Å². The Kier molecular flexibility index (Phi) is 25.2. The second kappa shape index (κ2) is 35.1. The van der Waals surface area contributed by atoms with Crippen LogP contribution in [-0.2, 0) is 6.18 Å². The summed E-state index contributed by atoms with van der Waals surface area (Å²) in [5, 5.41) is 19.8. The van der Waals surface area contributed by atoms with E-state index in [0.29, 0.717) is 46.7 Å². The van der Waals surface area contributed by atoms with E-state index in [1.54, 1.807) is 0 Å². The first-order chi connectivity index (χ1) is 50.5. The molecular formula is C86H114F3N15. The minimum absolute atomic E-state index is 0.549. The Bertz CT molecular complexity index is 4160. The van der Waals surface area contributed by atoms with Gasteiger partial charge in [0, 0.05) is 241 Å². The van der Waals surface area contributed by atoms with Gasteiger partial charge >= 0.3 is 6.18 Å². The summed E-state index contributed by atoms with van der Waals surface area (Å²) in [5.74, 6) is 0.881. The van der Waals surface area contributed by atoms with Crippen molar-refractivity contribution in [2.24, 2.45) is 5.92 Å².